The fourth-order valence-electron chi connectivity index (χ4n) is 2.91. The Labute approximate surface area is 127 Å². The number of unbranched alkanes of at least 4 members (excludes halogenated alkanes) is 1. The zero-order valence-electron chi connectivity index (χ0n) is 13.1. The molecule has 0 amide bonds. The van der Waals surface area contributed by atoms with Crippen molar-refractivity contribution in [1.29, 1.82) is 0 Å². The van der Waals surface area contributed by atoms with Crippen LogP contribution in [0.15, 0.2) is 30.3 Å². The minimum atomic E-state index is 0.799. The van der Waals surface area contributed by atoms with Crippen molar-refractivity contribution in [3.05, 3.63) is 35.9 Å². The summed E-state index contributed by atoms with van der Waals surface area (Å²) in [6, 6.07) is 11.5. The highest BCUT2D eigenvalue weighted by molar-refractivity contribution is 5.81. The molecule has 1 aromatic heterocycles. The molecule has 0 unspecified atom stereocenters. The summed E-state index contributed by atoms with van der Waals surface area (Å²) < 4.78 is 0. The molecule has 1 aliphatic carbocycles. The number of pyridine rings is 1. The van der Waals surface area contributed by atoms with Gasteiger partial charge in [0.25, 0.3) is 0 Å². The van der Waals surface area contributed by atoms with Crippen LogP contribution in [0, 0.1) is 0 Å². The van der Waals surface area contributed by atoms with Crippen LogP contribution in [-0.2, 0) is 6.54 Å². The van der Waals surface area contributed by atoms with Crippen LogP contribution in [0.3, 0.4) is 0 Å². The van der Waals surface area contributed by atoms with Crippen LogP contribution in [0.5, 0.6) is 0 Å². The van der Waals surface area contributed by atoms with Crippen LogP contribution in [0.25, 0.3) is 10.9 Å². The molecule has 21 heavy (non-hydrogen) atoms. The van der Waals surface area contributed by atoms with Gasteiger partial charge in [-0.05, 0) is 37.9 Å². The van der Waals surface area contributed by atoms with Crippen molar-refractivity contribution in [3.63, 3.8) is 0 Å². The Morgan fingerprint density at radius 1 is 1.29 bits per heavy atom. The summed E-state index contributed by atoms with van der Waals surface area (Å²) in [5, 5.41) is 4.50. The monoisotopic (exact) mass is 283 g/mol. The lowest BCUT2D eigenvalue weighted by molar-refractivity contribution is 0.251. The molecule has 0 spiro atoms. The first-order chi connectivity index (χ1) is 10.3. The molecule has 3 rings (SSSR count). The van der Waals surface area contributed by atoms with Crippen molar-refractivity contribution in [1.82, 2.24) is 9.88 Å². The van der Waals surface area contributed by atoms with E-state index in [1.807, 2.05) is 13.1 Å². The Hall–Kier alpha value is -1.61. The highest BCUT2D eigenvalue weighted by Gasteiger charge is 2.29. The fraction of sp³-hybridized carbons (Fsp3) is 0.500. The van der Waals surface area contributed by atoms with Crippen LogP contribution in [0.4, 0.5) is 5.82 Å². The quantitative estimate of drug-likeness (QED) is 0.831. The second-order valence-electron chi connectivity index (χ2n) is 5.99. The van der Waals surface area contributed by atoms with Gasteiger partial charge in [-0.1, -0.05) is 31.5 Å². The second-order valence-corrected chi connectivity index (χ2v) is 5.99. The minimum Gasteiger partial charge on any atom is -0.373 e. The Morgan fingerprint density at radius 2 is 2.10 bits per heavy atom. The number of anilines is 1. The standard InChI is InChI=1S/C18H25N3/c1-3-4-11-21(16-9-10-16)13-15-12-14-7-5-6-8-17(14)20-18(15)19-2/h5-8,12,16H,3-4,9-11,13H2,1-2H3,(H,19,20). The lowest BCUT2D eigenvalue weighted by Crippen LogP contribution is -2.27. The highest BCUT2D eigenvalue weighted by atomic mass is 15.2. The highest BCUT2D eigenvalue weighted by Crippen LogP contribution is 2.30. The van der Waals surface area contributed by atoms with E-state index in [0.717, 1.165) is 23.9 Å². The number of nitrogens with one attached hydrogen (secondary N) is 1. The fourth-order valence-corrected chi connectivity index (χ4v) is 2.91. The lowest BCUT2D eigenvalue weighted by Gasteiger charge is -2.23. The van der Waals surface area contributed by atoms with Gasteiger partial charge in [0.15, 0.2) is 0 Å². The number of hydrogen-bond donors (Lipinski definition) is 1. The maximum Gasteiger partial charge on any atom is 0.130 e. The number of rotatable bonds is 7. The molecule has 1 N–H and O–H groups in total. The van der Waals surface area contributed by atoms with Gasteiger partial charge >= 0.3 is 0 Å². The number of fused-ring (bicyclic) bond motifs is 1. The average Bonchev–Trinajstić information content (AvgIpc) is 3.35. The molecule has 0 aliphatic heterocycles. The maximum atomic E-state index is 4.77. The van der Waals surface area contributed by atoms with E-state index >= 15 is 0 Å². The molecule has 1 aromatic carbocycles. The summed E-state index contributed by atoms with van der Waals surface area (Å²) >= 11 is 0. The first kappa shape index (κ1) is 14.3. The van der Waals surface area contributed by atoms with E-state index in [9.17, 15) is 0 Å². The molecular formula is C18H25N3. The predicted octanol–water partition coefficient (Wildman–Crippen LogP) is 4.04. The van der Waals surface area contributed by atoms with E-state index in [-0.39, 0.29) is 0 Å². The van der Waals surface area contributed by atoms with Gasteiger partial charge in [0.05, 0.1) is 5.52 Å². The molecule has 1 saturated carbocycles. The predicted molar refractivity (Wildman–Crippen MR) is 89.6 cm³/mol. The van der Waals surface area contributed by atoms with E-state index in [2.05, 4.69) is 41.4 Å². The summed E-state index contributed by atoms with van der Waals surface area (Å²) in [6.07, 6.45) is 5.27. The van der Waals surface area contributed by atoms with Crippen molar-refractivity contribution in [2.24, 2.45) is 0 Å². The Bertz CT molecular complexity index is 604. The number of benzene rings is 1. The first-order valence-corrected chi connectivity index (χ1v) is 8.12. The number of nitrogens with zero attached hydrogens (tertiary/aromatic N) is 2. The van der Waals surface area contributed by atoms with Gasteiger partial charge < -0.3 is 5.32 Å². The molecular weight excluding hydrogens is 258 g/mol. The Kier molecular flexibility index (Phi) is 4.39. The summed E-state index contributed by atoms with van der Waals surface area (Å²) in [5.41, 5.74) is 2.39. The molecule has 0 radical (unpaired) electrons. The summed E-state index contributed by atoms with van der Waals surface area (Å²) in [6.45, 7) is 4.48. The van der Waals surface area contributed by atoms with Crippen LogP contribution in [0.1, 0.15) is 38.2 Å². The third-order valence-electron chi connectivity index (χ3n) is 4.28. The number of aromatic nitrogens is 1. The molecule has 3 nitrogen and oxygen atoms in total. The van der Waals surface area contributed by atoms with E-state index in [1.165, 1.54) is 43.2 Å². The van der Waals surface area contributed by atoms with Gasteiger partial charge in [-0.3, -0.25) is 4.90 Å². The summed E-state index contributed by atoms with van der Waals surface area (Å²) in [4.78, 5) is 7.40. The van der Waals surface area contributed by atoms with E-state index < -0.39 is 0 Å². The van der Waals surface area contributed by atoms with Gasteiger partial charge in [-0.25, -0.2) is 4.98 Å². The Morgan fingerprint density at radius 3 is 2.81 bits per heavy atom. The molecule has 0 atom stereocenters. The van der Waals surface area contributed by atoms with E-state index in [0.29, 0.717) is 0 Å². The lowest BCUT2D eigenvalue weighted by atomic mass is 10.1. The maximum absolute atomic E-state index is 4.77. The number of para-hydroxylation sites is 1. The molecule has 1 heterocycles. The molecule has 1 fully saturated rings. The summed E-state index contributed by atoms with van der Waals surface area (Å²) in [7, 11) is 1.97. The molecule has 1 aliphatic rings. The zero-order valence-corrected chi connectivity index (χ0v) is 13.1. The van der Waals surface area contributed by atoms with Crippen LogP contribution in [0.2, 0.25) is 0 Å². The second kappa shape index (κ2) is 6.44. The zero-order chi connectivity index (χ0) is 14.7. The normalized spacial score (nSPS) is 14.8. The molecule has 0 saturated heterocycles. The van der Waals surface area contributed by atoms with Gasteiger partial charge in [0, 0.05) is 30.6 Å². The largest absolute Gasteiger partial charge is 0.373 e. The van der Waals surface area contributed by atoms with Crippen molar-refractivity contribution < 1.29 is 0 Å². The first-order valence-electron chi connectivity index (χ1n) is 8.12. The third kappa shape index (κ3) is 3.35. The van der Waals surface area contributed by atoms with Gasteiger partial charge in [-0.15, -0.1) is 0 Å². The third-order valence-corrected chi connectivity index (χ3v) is 4.28. The van der Waals surface area contributed by atoms with Crippen LogP contribution >= 0.6 is 0 Å². The topological polar surface area (TPSA) is 28.2 Å². The van der Waals surface area contributed by atoms with Crippen LogP contribution < -0.4 is 5.32 Å². The summed E-state index contributed by atoms with van der Waals surface area (Å²) in [5.74, 6) is 1.02. The molecule has 112 valence electrons. The van der Waals surface area contributed by atoms with Gasteiger partial charge in [-0.2, -0.15) is 0 Å². The Balaban J connectivity index is 1.86. The van der Waals surface area contributed by atoms with Crippen molar-refractivity contribution in [2.75, 3.05) is 18.9 Å². The van der Waals surface area contributed by atoms with E-state index in [4.69, 9.17) is 4.98 Å². The van der Waals surface area contributed by atoms with E-state index in [1.54, 1.807) is 0 Å². The molecule has 2 aromatic rings. The molecule has 3 heteroatoms. The van der Waals surface area contributed by atoms with Gasteiger partial charge in [0.2, 0.25) is 0 Å². The minimum absolute atomic E-state index is 0.799. The smallest absolute Gasteiger partial charge is 0.130 e. The van der Waals surface area contributed by atoms with Crippen molar-refractivity contribution in [2.45, 2.75) is 45.2 Å². The van der Waals surface area contributed by atoms with Crippen molar-refractivity contribution >= 4 is 16.7 Å². The average molecular weight is 283 g/mol. The van der Waals surface area contributed by atoms with Gasteiger partial charge in [0.1, 0.15) is 5.82 Å². The molecule has 0 bridgehead atoms. The van der Waals surface area contributed by atoms with Crippen LogP contribution in [-0.4, -0.2) is 29.5 Å². The van der Waals surface area contributed by atoms with Crippen molar-refractivity contribution in [3.8, 4) is 0 Å². The SMILES string of the molecule is CCCCN(Cc1cc2ccccc2nc1NC)C1CC1. The number of hydrogen-bond acceptors (Lipinski definition) is 3.